The summed E-state index contributed by atoms with van der Waals surface area (Å²) in [4.78, 5) is 11.9. The molecule has 6 heteroatoms. The molecule has 2 rings (SSSR count). The quantitative estimate of drug-likeness (QED) is 0.897. The molecule has 0 spiro atoms. The molecule has 0 aliphatic heterocycles. The summed E-state index contributed by atoms with van der Waals surface area (Å²) >= 11 is 5.65. The Morgan fingerprint density at radius 3 is 2.80 bits per heavy atom. The van der Waals surface area contributed by atoms with Gasteiger partial charge in [-0.15, -0.1) is 0 Å². The van der Waals surface area contributed by atoms with Crippen molar-refractivity contribution in [1.29, 1.82) is 5.26 Å². The topological polar surface area (TPSA) is 64.9 Å². The Morgan fingerprint density at radius 2 is 2.15 bits per heavy atom. The number of hydrogen-bond donors (Lipinski definition) is 2. The minimum atomic E-state index is -0.758. The molecule has 0 bridgehead atoms. The zero-order valence-corrected chi connectivity index (χ0v) is 11.6. The molecule has 0 heterocycles. The van der Waals surface area contributed by atoms with E-state index in [0.717, 1.165) is 12.8 Å². The number of carbonyl (C=O) groups is 1. The van der Waals surface area contributed by atoms with Crippen LogP contribution in [-0.4, -0.2) is 18.0 Å². The molecule has 2 N–H and O–H groups in total. The molecule has 20 heavy (non-hydrogen) atoms. The largest absolute Gasteiger partial charge is 0.374 e. The van der Waals surface area contributed by atoms with Gasteiger partial charge in [0.2, 0.25) is 5.91 Å². The first-order chi connectivity index (χ1) is 9.56. The molecular formula is C14H15ClFN3O. The summed E-state index contributed by atoms with van der Waals surface area (Å²) in [7, 11) is 0. The van der Waals surface area contributed by atoms with Gasteiger partial charge < -0.3 is 10.6 Å². The van der Waals surface area contributed by atoms with Crippen LogP contribution in [0, 0.1) is 17.1 Å². The van der Waals surface area contributed by atoms with E-state index < -0.39 is 11.4 Å². The molecule has 1 aromatic carbocycles. The summed E-state index contributed by atoms with van der Waals surface area (Å²) in [6, 6.07) is 6.71. The van der Waals surface area contributed by atoms with E-state index in [-0.39, 0.29) is 23.2 Å². The molecule has 1 aliphatic carbocycles. The molecule has 1 saturated carbocycles. The Labute approximate surface area is 121 Å². The van der Waals surface area contributed by atoms with Crippen molar-refractivity contribution in [3.8, 4) is 6.07 Å². The third-order valence-electron chi connectivity index (χ3n) is 3.44. The Bertz CT molecular complexity index is 550. The van der Waals surface area contributed by atoms with E-state index in [2.05, 4.69) is 16.7 Å². The first-order valence-corrected chi connectivity index (χ1v) is 6.84. The highest BCUT2D eigenvalue weighted by molar-refractivity contribution is 6.31. The van der Waals surface area contributed by atoms with E-state index in [0.29, 0.717) is 12.8 Å². The molecule has 1 amide bonds. The number of carbonyl (C=O) groups excluding carboxylic acids is 1. The van der Waals surface area contributed by atoms with Crippen molar-refractivity contribution in [2.75, 3.05) is 11.9 Å². The standard InChI is InChI=1S/C14H15ClFN3O/c15-10-4-3-5-11(13(10)16)18-8-12(20)19-14(9-17)6-1-2-7-14/h3-5,18H,1-2,6-8H2,(H,19,20). The van der Waals surface area contributed by atoms with Gasteiger partial charge in [-0.2, -0.15) is 5.26 Å². The Kier molecular flexibility index (Phi) is 4.46. The molecule has 0 unspecified atom stereocenters. The van der Waals surface area contributed by atoms with Crippen molar-refractivity contribution < 1.29 is 9.18 Å². The van der Waals surface area contributed by atoms with E-state index in [4.69, 9.17) is 16.9 Å². The van der Waals surface area contributed by atoms with Crippen molar-refractivity contribution in [3.05, 3.63) is 29.0 Å². The lowest BCUT2D eigenvalue weighted by Crippen LogP contribution is -2.47. The Balaban J connectivity index is 1.93. The van der Waals surface area contributed by atoms with Gasteiger partial charge in [0.15, 0.2) is 5.82 Å². The van der Waals surface area contributed by atoms with Crippen molar-refractivity contribution in [2.45, 2.75) is 31.2 Å². The van der Waals surface area contributed by atoms with Crippen molar-refractivity contribution in [2.24, 2.45) is 0 Å². The minimum Gasteiger partial charge on any atom is -0.374 e. The second-order valence-electron chi connectivity index (χ2n) is 4.90. The zero-order chi connectivity index (χ0) is 14.6. The van der Waals surface area contributed by atoms with Crippen molar-refractivity contribution in [3.63, 3.8) is 0 Å². The molecule has 0 saturated heterocycles. The number of amides is 1. The molecule has 1 fully saturated rings. The number of hydrogen-bond acceptors (Lipinski definition) is 3. The maximum Gasteiger partial charge on any atom is 0.240 e. The number of benzene rings is 1. The van der Waals surface area contributed by atoms with E-state index >= 15 is 0 Å². The number of nitriles is 1. The normalized spacial score (nSPS) is 16.4. The van der Waals surface area contributed by atoms with Gasteiger partial charge in [0.05, 0.1) is 23.3 Å². The second-order valence-corrected chi connectivity index (χ2v) is 5.31. The van der Waals surface area contributed by atoms with Crippen LogP contribution in [0.3, 0.4) is 0 Å². The molecule has 1 aromatic rings. The molecule has 0 radical (unpaired) electrons. The smallest absolute Gasteiger partial charge is 0.240 e. The lowest BCUT2D eigenvalue weighted by Gasteiger charge is -2.22. The average molecular weight is 296 g/mol. The Hall–Kier alpha value is -1.80. The zero-order valence-electron chi connectivity index (χ0n) is 10.9. The van der Waals surface area contributed by atoms with Crippen LogP contribution in [0.5, 0.6) is 0 Å². The van der Waals surface area contributed by atoms with Gasteiger partial charge in [0.1, 0.15) is 5.54 Å². The SMILES string of the molecule is N#CC1(NC(=O)CNc2cccc(Cl)c2F)CCCC1. The monoisotopic (exact) mass is 295 g/mol. The van der Waals surface area contributed by atoms with Crippen molar-refractivity contribution in [1.82, 2.24) is 5.32 Å². The number of halogens is 2. The third kappa shape index (κ3) is 3.20. The lowest BCUT2D eigenvalue weighted by molar-refractivity contribution is -0.120. The van der Waals surface area contributed by atoms with Crippen LogP contribution in [0.4, 0.5) is 10.1 Å². The van der Waals surface area contributed by atoms with E-state index in [1.807, 2.05) is 0 Å². The van der Waals surface area contributed by atoms with Gasteiger partial charge in [-0.1, -0.05) is 17.7 Å². The van der Waals surface area contributed by atoms with E-state index in [1.54, 1.807) is 6.07 Å². The van der Waals surface area contributed by atoms with Gasteiger partial charge in [-0.25, -0.2) is 4.39 Å². The summed E-state index contributed by atoms with van der Waals surface area (Å²) in [5.74, 6) is -0.911. The highest BCUT2D eigenvalue weighted by Gasteiger charge is 2.35. The molecular weight excluding hydrogens is 281 g/mol. The number of rotatable bonds is 4. The second kappa shape index (κ2) is 6.10. The van der Waals surface area contributed by atoms with Crippen LogP contribution in [0.2, 0.25) is 5.02 Å². The molecule has 0 aromatic heterocycles. The van der Waals surface area contributed by atoms with Crippen LogP contribution in [0.25, 0.3) is 0 Å². The fourth-order valence-electron chi connectivity index (χ4n) is 2.37. The summed E-state index contributed by atoms with van der Waals surface area (Å²) < 4.78 is 13.6. The maximum absolute atomic E-state index is 13.6. The first-order valence-electron chi connectivity index (χ1n) is 6.46. The van der Waals surface area contributed by atoms with E-state index in [1.165, 1.54) is 12.1 Å². The van der Waals surface area contributed by atoms with Gasteiger partial charge >= 0.3 is 0 Å². The predicted molar refractivity (Wildman–Crippen MR) is 74.9 cm³/mol. The number of nitrogens with one attached hydrogen (secondary N) is 2. The molecule has 106 valence electrons. The molecule has 4 nitrogen and oxygen atoms in total. The van der Waals surface area contributed by atoms with Crippen LogP contribution in [0.15, 0.2) is 18.2 Å². The van der Waals surface area contributed by atoms with Gasteiger partial charge in [-0.05, 0) is 37.8 Å². The molecule has 1 aliphatic rings. The summed E-state index contributed by atoms with van der Waals surface area (Å²) in [5, 5.41) is 14.6. The van der Waals surface area contributed by atoms with E-state index in [9.17, 15) is 9.18 Å². The van der Waals surface area contributed by atoms with Crippen LogP contribution in [0.1, 0.15) is 25.7 Å². The summed E-state index contributed by atoms with van der Waals surface area (Å²) in [5.41, 5.74) is -0.587. The number of anilines is 1. The highest BCUT2D eigenvalue weighted by Crippen LogP contribution is 2.28. The van der Waals surface area contributed by atoms with Gasteiger partial charge in [0.25, 0.3) is 0 Å². The summed E-state index contributed by atoms with van der Waals surface area (Å²) in [6.45, 7) is -0.0965. The predicted octanol–water partition coefficient (Wildman–Crippen LogP) is 2.84. The van der Waals surface area contributed by atoms with Gasteiger partial charge in [-0.3, -0.25) is 4.79 Å². The van der Waals surface area contributed by atoms with Crippen LogP contribution >= 0.6 is 11.6 Å². The first kappa shape index (κ1) is 14.6. The minimum absolute atomic E-state index is 0.000281. The highest BCUT2D eigenvalue weighted by atomic mass is 35.5. The lowest BCUT2D eigenvalue weighted by atomic mass is 10.00. The van der Waals surface area contributed by atoms with Crippen LogP contribution in [-0.2, 0) is 4.79 Å². The number of nitrogens with zero attached hydrogens (tertiary/aromatic N) is 1. The van der Waals surface area contributed by atoms with Crippen molar-refractivity contribution >= 4 is 23.2 Å². The average Bonchev–Trinajstić information content (AvgIpc) is 2.89. The Morgan fingerprint density at radius 1 is 1.45 bits per heavy atom. The molecule has 0 atom stereocenters. The van der Waals surface area contributed by atoms with Crippen LogP contribution < -0.4 is 10.6 Å². The fraction of sp³-hybridized carbons (Fsp3) is 0.429. The summed E-state index contributed by atoms with van der Waals surface area (Å²) in [6.07, 6.45) is 3.20. The van der Waals surface area contributed by atoms with Gasteiger partial charge in [0, 0.05) is 0 Å². The fourth-order valence-corrected chi connectivity index (χ4v) is 2.54. The third-order valence-corrected chi connectivity index (χ3v) is 3.73. The maximum atomic E-state index is 13.6.